The fourth-order valence-electron chi connectivity index (χ4n) is 1.78. The smallest absolute Gasteiger partial charge is 0.142 e. The van der Waals surface area contributed by atoms with Gasteiger partial charge in [-0.2, -0.15) is 0 Å². The van der Waals surface area contributed by atoms with E-state index in [1.54, 1.807) is 12.1 Å². The molecule has 0 aromatic heterocycles. The number of nitrogens with two attached hydrogens (primary N) is 1. The van der Waals surface area contributed by atoms with Crippen LogP contribution >= 0.6 is 15.9 Å². The first-order valence-corrected chi connectivity index (χ1v) is 6.96. The summed E-state index contributed by atoms with van der Waals surface area (Å²) >= 11 is 3.21. The molecule has 18 heavy (non-hydrogen) atoms. The minimum absolute atomic E-state index is 0.170. The molecule has 0 aliphatic heterocycles. The summed E-state index contributed by atoms with van der Waals surface area (Å²) in [4.78, 5) is 0. The number of halogens is 2. The maximum Gasteiger partial charge on any atom is 0.142 e. The van der Waals surface area contributed by atoms with Crippen LogP contribution in [0.3, 0.4) is 0 Å². The zero-order chi connectivity index (χ0) is 13.9. The maximum absolute atomic E-state index is 14.0. The molecule has 0 saturated carbocycles. The molecular formula is C14H22BrFN2. The Hall–Kier alpha value is -0.450. The van der Waals surface area contributed by atoms with E-state index >= 15 is 0 Å². The van der Waals surface area contributed by atoms with Crippen LogP contribution in [0.5, 0.6) is 0 Å². The van der Waals surface area contributed by atoms with Gasteiger partial charge in [-0.1, -0.05) is 39.8 Å². The maximum atomic E-state index is 14.0. The van der Waals surface area contributed by atoms with E-state index in [4.69, 9.17) is 5.84 Å². The molecule has 0 fully saturated rings. The van der Waals surface area contributed by atoms with Crippen molar-refractivity contribution in [3.05, 3.63) is 34.1 Å². The summed E-state index contributed by atoms with van der Waals surface area (Å²) < 4.78 is 14.5. The summed E-state index contributed by atoms with van der Waals surface area (Å²) in [5.41, 5.74) is 3.52. The topological polar surface area (TPSA) is 38.0 Å². The molecule has 0 heterocycles. The van der Waals surface area contributed by atoms with E-state index < -0.39 is 0 Å². The first-order chi connectivity index (χ1) is 8.27. The van der Waals surface area contributed by atoms with Crippen molar-refractivity contribution >= 4 is 15.9 Å². The Balaban J connectivity index is 2.94. The van der Waals surface area contributed by atoms with Gasteiger partial charge in [0.25, 0.3) is 0 Å². The fourth-order valence-corrected chi connectivity index (χ4v) is 2.16. The highest BCUT2D eigenvalue weighted by Crippen LogP contribution is 2.34. The van der Waals surface area contributed by atoms with Crippen molar-refractivity contribution in [2.24, 2.45) is 17.2 Å². The van der Waals surface area contributed by atoms with Gasteiger partial charge in [-0.25, -0.2) is 4.39 Å². The zero-order valence-electron chi connectivity index (χ0n) is 11.4. The van der Waals surface area contributed by atoms with Gasteiger partial charge < -0.3 is 0 Å². The van der Waals surface area contributed by atoms with Crippen molar-refractivity contribution in [2.45, 2.75) is 40.2 Å². The van der Waals surface area contributed by atoms with Crippen LogP contribution in [0.25, 0.3) is 0 Å². The lowest BCUT2D eigenvalue weighted by Gasteiger charge is -2.31. The van der Waals surface area contributed by atoms with Crippen LogP contribution in [0.4, 0.5) is 4.39 Å². The molecule has 102 valence electrons. The molecular weight excluding hydrogens is 295 g/mol. The van der Waals surface area contributed by atoms with Gasteiger partial charge in [0.05, 0.1) is 4.47 Å². The first-order valence-electron chi connectivity index (χ1n) is 6.17. The lowest BCUT2D eigenvalue weighted by atomic mass is 9.77. The third-order valence-electron chi connectivity index (χ3n) is 3.63. The number of hydrazine groups is 1. The minimum atomic E-state index is -0.235. The van der Waals surface area contributed by atoms with Gasteiger partial charge in [-0.05, 0) is 39.8 Å². The van der Waals surface area contributed by atoms with E-state index in [1.807, 2.05) is 6.07 Å². The lowest BCUT2D eigenvalue weighted by molar-refractivity contribution is 0.222. The number of hydrogen-bond donors (Lipinski definition) is 2. The van der Waals surface area contributed by atoms with Crippen molar-refractivity contribution in [2.75, 3.05) is 0 Å². The summed E-state index contributed by atoms with van der Waals surface area (Å²) in [5.74, 6) is 5.78. The van der Waals surface area contributed by atoms with Crippen molar-refractivity contribution in [1.82, 2.24) is 5.43 Å². The van der Waals surface area contributed by atoms with Crippen LogP contribution < -0.4 is 11.3 Å². The Kier molecular flexibility index (Phi) is 5.32. The predicted molar refractivity (Wildman–Crippen MR) is 77.4 cm³/mol. The molecule has 1 rings (SSSR count). The third-order valence-corrected chi connectivity index (χ3v) is 4.24. The summed E-state index contributed by atoms with van der Waals surface area (Å²) in [6, 6.07) is 5.13. The molecule has 4 heteroatoms. The molecule has 0 spiro atoms. The quantitative estimate of drug-likeness (QED) is 0.646. The summed E-state index contributed by atoms with van der Waals surface area (Å²) in [5, 5.41) is 0. The predicted octanol–water partition coefficient (Wildman–Crippen LogP) is 4.16. The van der Waals surface area contributed by atoms with Gasteiger partial charge in [-0.3, -0.25) is 11.3 Å². The molecule has 0 amide bonds. The molecule has 0 radical (unpaired) electrons. The van der Waals surface area contributed by atoms with Crippen LogP contribution in [-0.2, 0) is 0 Å². The third kappa shape index (κ3) is 3.77. The molecule has 0 saturated heterocycles. The van der Waals surface area contributed by atoms with Crippen LogP contribution in [0.2, 0.25) is 0 Å². The first kappa shape index (κ1) is 15.6. The van der Waals surface area contributed by atoms with Gasteiger partial charge in [0.1, 0.15) is 5.82 Å². The SMILES string of the molecule is CC(CC(NN)c1cccc(Br)c1F)C(C)(C)C. The highest BCUT2D eigenvalue weighted by molar-refractivity contribution is 9.10. The Morgan fingerprint density at radius 2 is 2.00 bits per heavy atom. The summed E-state index contributed by atoms with van der Waals surface area (Å²) in [6.07, 6.45) is 0.799. The second-order valence-corrected chi connectivity index (χ2v) is 6.72. The lowest BCUT2D eigenvalue weighted by Crippen LogP contribution is -2.32. The van der Waals surface area contributed by atoms with Crippen molar-refractivity contribution in [3.63, 3.8) is 0 Å². The Labute approximate surface area is 117 Å². The largest absolute Gasteiger partial charge is 0.271 e. The molecule has 0 aliphatic rings. The van der Waals surface area contributed by atoms with Crippen molar-refractivity contribution in [3.8, 4) is 0 Å². The molecule has 3 N–H and O–H groups in total. The fraction of sp³-hybridized carbons (Fsp3) is 0.571. The molecule has 1 aromatic rings. The van der Waals surface area contributed by atoms with Gasteiger partial charge in [0.2, 0.25) is 0 Å². The molecule has 2 unspecified atom stereocenters. The van der Waals surface area contributed by atoms with E-state index in [9.17, 15) is 4.39 Å². The second kappa shape index (κ2) is 6.13. The Morgan fingerprint density at radius 3 is 2.50 bits per heavy atom. The average Bonchev–Trinajstić information content (AvgIpc) is 2.28. The highest BCUT2D eigenvalue weighted by Gasteiger charge is 2.25. The van der Waals surface area contributed by atoms with Gasteiger partial charge in [-0.15, -0.1) is 0 Å². The molecule has 0 aliphatic carbocycles. The standard InChI is InChI=1S/C14H22BrFN2/c1-9(14(2,3)4)8-12(18-17)10-6-5-7-11(15)13(10)16/h5-7,9,12,18H,8,17H2,1-4H3. The van der Waals surface area contributed by atoms with E-state index in [0.717, 1.165) is 6.42 Å². The molecule has 1 aromatic carbocycles. The van der Waals surface area contributed by atoms with E-state index in [0.29, 0.717) is 16.0 Å². The molecule has 2 nitrogen and oxygen atoms in total. The Morgan fingerprint density at radius 1 is 1.39 bits per heavy atom. The monoisotopic (exact) mass is 316 g/mol. The van der Waals surface area contributed by atoms with Crippen LogP contribution in [0.15, 0.2) is 22.7 Å². The van der Waals surface area contributed by atoms with Crippen LogP contribution in [0, 0.1) is 17.2 Å². The van der Waals surface area contributed by atoms with Crippen molar-refractivity contribution in [1.29, 1.82) is 0 Å². The summed E-state index contributed by atoms with van der Waals surface area (Å²) in [7, 11) is 0. The number of hydrogen-bond acceptors (Lipinski definition) is 2. The summed E-state index contributed by atoms with van der Waals surface area (Å²) in [6.45, 7) is 8.72. The second-order valence-electron chi connectivity index (χ2n) is 5.87. The zero-order valence-corrected chi connectivity index (χ0v) is 13.0. The normalized spacial score (nSPS) is 15.5. The highest BCUT2D eigenvalue weighted by atomic mass is 79.9. The van der Waals surface area contributed by atoms with Gasteiger partial charge in [0.15, 0.2) is 0 Å². The average molecular weight is 317 g/mol. The van der Waals surface area contributed by atoms with E-state index in [2.05, 4.69) is 49.1 Å². The molecule has 0 bridgehead atoms. The van der Waals surface area contributed by atoms with E-state index in [-0.39, 0.29) is 17.3 Å². The van der Waals surface area contributed by atoms with E-state index in [1.165, 1.54) is 0 Å². The van der Waals surface area contributed by atoms with Crippen LogP contribution in [-0.4, -0.2) is 0 Å². The van der Waals surface area contributed by atoms with Gasteiger partial charge in [0, 0.05) is 11.6 Å². The number of nitrogens with one attached hydrogen (secondary N) is 1. The minimum Gasteiger partial charge on any atom is -0.271 e. The van der Waals surface area contributed by atoms with Crippen molar-refractivity contribution < 1.29 is 4.39 Å². The molecule has 2 atom stereocenters. The Bertz CT molecular complexity index is 401. The number of rotatable bonds is 4. The number of benzene rings is 1. The van der Waals surface area contributed by atoms with Gasteiger partial charge >= 0.3 is 0 Å². The van der Waals surface area contributed by atoms with Crippen LogP contribution in [0.1, 0.15) is 45.7 Å².